The number of imide groups is 1. The minimum atomic E-state index is -0.517. The minimum absolute atomic E-state index is 0.193. The molecule has 2 fully saturated rings. The van der Waals surface area contributed by atoms with Gasteiger partial charge in [0.1, 0.15) is 12.3 Å². The summed E-state index contributed by atoms with van der Waals surface area (Å²) in [4.78, 5) is 53.1. The van der Waals surface area contributed by atoms with Crippen LogP contribution in [0.25, 0.3) is 6.08 Å². The Balaban J connectivity index is 1.41. The molecular formula is C25H24ClN3O5S. The van der Waals surface area contributed by atoms with Gasteiger partial charge in [-0.2, -0.15) is 0 Å². The van der Waals surface area contributed by atoms with Crippen LogP contribution in [0.15, 0.2) is 53.4 Å². The Morgan fingerprint density at radius 1 is 1.03 bits per heavy atom. The number of anilines is 1. The van der Waals surface area contributed by atoms with Gasteiger partial charge < -0.3 is 15.0 Å². The molecule has 8 nitrogen and oxygen atoms in total. The third kappa shape index (κ3) is 6.23. The number of ether oxygens (including phenoxy) is 1. The number of carbonyl (C=O) groups is 4. The first-order valence-corrected chi connectivity index (χ1v) is 12.4. The van der Waals surface area contributed by atoms with E-state index in [-0.39, 0.29) is 24.0 Å². The van der Waals surface area contributed by atoms with E-state index in [1.54, 1.807) is 53.4 Å². The van der Waals surface area contributed by atoms with E-state index < -0.39 is 17.1 Å². The molecule has 0 radical (unpaired) electrons. The van der Waals surface area contributed by atoms with Gasteiger partial charge in [-0.15, -0.1) is 0 Å². The summed E-state index contributed by atoms with van der Waals surface area (Å²) in [6, 6.07) is 13.7. The number of hydrogen-bond acceptors (Lipinski definition) is 6. The summed E-state index contributed by atoms with van der Waals surface area (Å²) in [5.41, 5.74) is 1.01. The molecule has 0 spiro atoms. The molecule has 0 saturated carbocycles. The molecule has 2 aromatic carbocycles. The van der Waals surface area contributed by atoms with Crippen molar-refractivity contribution in [1.29, 1.82) is 0 Å². The lowest BCUT2D eigenvalue weighted by molar-refractivity contribution is -0.136. The van der Waals surface area contributed by atoms with E-state index in [9.17, 15) is 19.2 Å². The summed E-state index contributed by atoms with van der Waals surface area (Å²) in [6.07, 6.45) is 4.48. The van der Waals surface area contributed by atoms with Crippen LogP contribution in [0, 0.1) is 0 Å². The van der Waals surface area contributed by atoms with Crippen LogP contribution < -0.4 is 10.1 Å². The lowest BCUT2D eigenvalue weighted by Crippen LogP contribution is -2.44. The number of hydrogen-bond donors (Lipinski definition) is 1. The number of carbonyl (C=O) groups excluding carboxylic acids is 4. The van der Waals surface area contributed by atoms with Crippen LogP contribution in [0.1, 0.15) is 24.8 Å². The van der Waals surface area contributed by atoms with Crippen molar-refractivity contribution in [3.8, 4) is 5.75 Å². The first kappa shape index (κ1) is 24.8. The lowest BCUT2D eigenvalue weighted by atomic mass is 10.1. The zero-order valence-electron chi connectivity index (χ0n) is 18.9. The highest BCUT2D eigenvalue weighted by Crippen LogP contribution is 2.34. The molecule has 2 aromatic rings. The second-order valence-corrected chi connectivity index (χ2v) is 9.46. The maximum absolute atomic E-state index is 12.9. The van der Waals surface area contributed by atoms with Crippen molar-refractivity contribution in [3.63, 3.8) is 0 Å². The Labute approximate surface area is 212 Å². The van der Waals surface area contributed by atoms with Crippen molar-refractivity contribution < 1.29 is 23.9 Å². The van der Waals surface area contributed by atoms with Gasteiger partial charge in [-0.25, -0.2) is 0 Å². The molecule has 182 valence electrons. The zero-order valence-corrected chi connectivity index (χ0v) is 20.4. The van der Waals surface area contributed by atoms with E-state index in [1.807, 2.05) is 0 Å². The number of para-hydroxylation sites is 2. The maximum atomic E-state index is 12.9. The monoisotopic (exact) mass is 513 g/mol. The normalized spacial score (nSPS) is 17.1. The first-order valence-electron chi connectivity index (χ1n) is 11.2. The van der Waals surface area contributed by atoms with Crippen LogP contribution in [0.3, 0.4) is 0 Å². The van der Waals surface area contributed by atoms with Gasteiger partial charge in [-0.1, -0.05) is 41.9 Å². The highest BCUT2D eigenvalue weighted by molar-refractivity contribution is 8.18. The Morgan fingerprint density at radius 3 is 2.51 bits per heavy atom. The Morgan fingerprint density at radius 2 is 1.74 bits per heavy atom. The maximum Gasteiger partial charge on any atom is 0.294 e. The van der Waals surface area contributed by atoms with E-state index in [4.69, 9.17) is 16.3 Å². The topological polar surface area (TPSA) is 96.0 Å². The van der Waals surface area contributed by atoms with Gasteiger partial charge in [0.15, 0.2) is 6.61 Å². The average molecular weight is 514 g/mol. The van der Waals surface area contributed by atoms with Gasteiger partial charge >= 0.3 is 0 Å². The van der Waals surface area contributed by atoms with Gasteiger partial charge in [0, 0.05) is 18.7 Å². The van der Waals surface area contributed by atoms with E-state index in [0.717, 1.165) is 35.9 Å². The first-order chi connectivity index (χ1) is 16.9. The van der Waals surface area contributed by atoms with Crippen molar-refractivity contribution in [3.05, 3.63) is 64.0 Å². The van der Waals surface area contributed by atoms with E-state index >= 15 is 0 Å². The van der Waals surface area contributed by atoms with E-state index in [0.29, 0.717) is 35.1 Å². The van der Waals surface area contributed by atoms with Crippen LogP contribution in [-0.2, 0) is 14.4 Å². The third-order valence-electron chi connectivity index (χ3n) is 5.59. The molecule has 0 unspecified atom stereocenters. The van der Waals surface area contributed by atoms with Gasteiger partial charge in [0.25, 0.3) is 17.1 Å². The van der Waals surface area contributed by atoms with Gasteiger partial charge in [0.2, 0.25) is 5.91 Å². The fourth-order valence-electron chi connectivity index (χ4n) is 3.78. The predicted octanol–water partition coefficient (Wildman–Crippen LogP) is 4.41. The number of thioether (sulfide) groups is 1. The Hall–Kier alpha value is -3.30. The zero-order chi connectivity index (χ0) is 24.8. The number of amides is 4. The standard InChI is InChI=1S/C25H24ClN3O5S/c26-18-9-3-4-10-19(18)27-22(30)16-34-20-11-5-2-8-17(20)14-21-24(32)29(25(33)35-21)15-23(31)28-12-6-1-7-13-28/h2-5,8-11,14H,1,6-7,12-13,15-16H2,(H,27,30)/b21-14-. The summed E-state index contributed by atoms with van der Waals surface area (Å²) in [5, 5.41) is 2.61. The fourth-order valence-corrected chi connectivity index (χ4v) is 4.79. The van der Waals surface area contributed by atoms with E-state index in [2.05, 4.69) is 5.32 Å². The van der Waals surface area contributed by atoms with Gasteiger partial charge in [0.05, 0.1) is 15.6 Å². The highest BCUT2D eigenvalue weighted by atomic mass is 35.5. The van der Waals surface area contributed by atoms with Crippen molar-refractivity contribution in [1.82, 2.24) is 9.80 Å². The number of piperidine rings is 1. The number of nitrogens with zero attached hydrogens (tertiary/aromatic N) is 2. The van der Waals surface area contributed by atoms with Crippen LogP contribution >= 0.6 is 23.4 Å². The molecule has 0 bridgehead atoms. The Bertz CT molecular complexity index is 1180. The molecule has 35 heavy (non-hydrogen) atoms. The molecule has 0 aliphatic carbocycles. The SMILES string of the molecule is O=C(COc1ccccc1/C=C1\SC(=O)N(CC(=O)N2CCCCC2)C1=O)Nc1ccccc1Cl. The molecule has 4 amide bonds. The summed E-state index contributed by atoms with van der Waals surface area (Å²) in [6.45, 7) is 0.767. The van der Waals surface area contributed by atoms with Gasteiger partial charge in [-0.05, 0) is 55.3 Å². The Kier molecular flexibility index (Phi) is 8.09. The summed E-state index contributed by atoms with van der Waals surface area (Å²) < 4.78 is 5.67. The molecule has 2 aliphatic rings. The molecule has 10 heteroatoms. The quantitative estimate of drug-likeness (QED) is 0.551. The molecular weight excluding hydrogens is 490 g/mol. The van der Waals surface area contributed by atoms with Crippen LogP contribution in [0.5, 0.6) is 5.75 Å². The summed E-state index contributed by atoms with van der Waals surface area (Å²) in [5.74, 6) is -0.763. The average Bonchev–Trinajstić information content (AvgIpc) is 3.12. The molecule has 2 heterocycles. The van der Waals surface area contributed by atoms with E-state index in [1.165, 1.54) is 6.08 Å². The molecule has 0 atom stereocenters. The molecule has 2 aliphatic heterocycles. The van der Waals surface area contributed by atoms with Crippen LogP contribution in [0.2, 0.25) is 5.02 Å². The highest BCUT2D eigenvalue weighted by Gasteiger charge is 2.37. The molecule has 4 rings (SSSR count). The number of likely N-dealkylation sites (tertiary alicyclic amines) is 1. The van der Waals surface area contributed by atoms with Crippen LogP contribution in [-0.4, -0.2) is 59.0 Å². The lowest BCUT2D eigenvalue weighted by Gasteiger charge is -2.27. The third-order valence-corrected chi connectivity index (χ3v) is 6.83. The number of nitrogens with one attached hydrogen (secondary N) is 1. The van der Waals surface area contributed by atoms with Crippen molar-refractivity contribution in [2.75, 3.05) is 31.6 Å². The summed E-state index contributed by atoms with van der Waals surface area (Å²) >= 11 is 6.85. The van der Waals surface area contributed by atoms with Crippen LogP contribution in [0.4, 0.5) is 10.5 Å². The molecule has 0 aromatic heterocycles. The van der Waals surface area contributed by atoms with Gasteiger partial charge in [-0.3, -0.25) is 24.1 Å². The van der Waals surface area contributed by atoms with Crippen molar-refractivity contribution >= 4 is 58.1 Å². The second-order valence-electron chi connectivity index (χ2n) is 8.06. The largest absolute Gasteiger partial charge is 0.483 e. The summed E-state index contributed by atoms with van der Waals surface area (Å²) in [7, 11) is 0. The van der Waals surface area contributed by atoms with Crippen molar-refractivity contribution in [2.45, 2.75) is 19.3 Å². The predicted molar refractivity (Wildman–Crippen MR) is 135 cm³/mol. The molecule has 2 saturated heterocycles. The number of benzene rings is 2. The fraction of sp³-hybridized carbons (Fsp3) is 0.280. The minimum Gasteiger partial charge on any atom is -0.483 e. The number of halogens is 1. The number of rotatable bonds is 7. The second kappa shape index (κ2) is 11.4. The molecule has 1 N–H and O–H groups in total. The smallest absolute Gasteiger partial charge is 0.294 e. The van der Waals surface area contributed by atoms with Crippen molar-refractivity contribution in [2.24, 2.45) is 0 Å².